The molecule has 0 aliphatic heterocycles. The smallest absolute Gasteiger partial charge is 0.339 e. The van der Waals surface area contributed by atoms with Gasteiger partial charge in [0.05, 0.1) is 5.56 Å². The number of ether oxygens (including phenoxy) is 1. The number of rotatable bonds is 5. The molecule has 0 saturated carbocycles. The summed E-state index contributed by atoms with van der Waals surface area (Å²) >= 11 is 7.95. The molecule has 0 N–H and O–H groups in total. The molecule has 0 aliphatic rings. The van der Waals surface area contributed by atoms with Crippen LogP contribution in [-0.4, -0.2) is 30.4 Å². The highest BCUT2D eigenvalue weighted by atomic mass is 127. The van der Waals surface area contributed by atoms with Crippen molar-refractivity contribution in [1.82, 2.24) is 4.90 Å². The topological polar surface area (TPSA) is 46.6 Å². The van der Waals surface area contributed by atoms with Crippen molar-refractivity contribution in [1.29, 1.82) is 0 Å². The second kappa shape index (κ2) is 8.43. The third-order valence-corrected chi connectivity index (χ3v) is 4.60. The first-order valence-corrected chi connectivity index (χ1v) is 8.44. The van der Waals surface area contributed by atoms with Crippen molar-refractivity contribution in [3.63, 3.8) is 0 Å². The van der Waals surface area contributed by atoms with E-state index in [0.717, 1.165) is 3.57 Å². The maximum atomic E-state index is 13.7. The van der Waals surface area contributed by atoms with Gasteiger partial charge in [-0.05, 0) is 46.9 Å². The SMILES string of the molecule is CN(Cc1c(F)cccc1Cl)C(=O)COC(=O)c1ccccc1I. The summed E-state index contributed by atoms with van der Waals surface area (Å²) in [6, 6.07) is 11.2. The number of nitrogens with zero attached hydrogens (tertiary/aromatic N) is 1. The van der Waals surface area contributed by atoms with Gasteiger partial charge in [0.15, 0.2) is 6.61 Å². The van der Waals surface area contributed by atoms with Gasteiger partial charge in [0.1, 0.15) is 5.82 Å². The van der Waals surface area contributed by atoms with E-state index in [-0.39, 0.29) is 17.1 Å². The lowest BCUT2D eigenvalue weighted by Gasteiger charge is -2.18. The Bertz CT molecular complexity index is 749. The number of halogens is 3. The van der Waals surface area contributed by atoms with E-state index < -0.39 is 24.3 Å². The number of carbonyl (C=O) groups excluding carboxylic acids is 2. The number of amides is 1. The third-order valence-electron chi connectivity index (χ3n) is 3.30. The summed E-state index contributed by atoms with van der Waals surface area (Å²) < 4.78 is 19.5. The zero-order valence-corrected chi connectivity index (χ0v) is 15.7. The van der Waals surface area contributed by atoms with Gasteiger partial charge < -0.3 is 9.64 Å². The van der Waals surface area contributed by atoms with Gasteiger partial charge in [-0.2, -0.15) is 0 Å². The highest BCUT2D eigenvalue weighted by Crippen LogP contribution is 2.20. The summed E-state index contributed by atoms with van der Waals surface area (Å²) in [5.74, 6) is -1.52. The lowest BCUT2D eigenvalue weighted by molar-refractivity contribution is -0.133. The fraction of sp³-hybridized carbons (Fsp3) is 0.176. The van der Waals surface area contributed by atoms with Crippen molar-refractivity contribution in [3.8, 4) is 0 Å². The van der Waals surface area contributed by atoms with Crippen molar-refractivity contribution in [3.05, 3.63) is 68.0 Å². The first kappa shape index (κ1) is 18.7. The molecule has 0 fully saturated rings. The Kier molecular flexibility index (Phi) is 6.56. The second-order valence-corrected chi connectivity index (χ2v) is 6.58. The van der Waals surface area contributed by atoms with Crippen molar-refractivity contribution in [2.75, 3.05) is 13.7 Å². The average Bonchev–Trinajstić information content (AvgIpc) is 2.56. The van der Waals surface area contributed by atoms with Crippen molar-refractivity contribution >= 4 is 46.1 Å². The Morgan fingerprint density at radius 3 is 2.58 bits per heavy atom. The highest BCUT2D eigenvalue weighted by Gasteiger charge is 2.17. The minimum Gasteiger partial charge on any atom is -0.452 e. The van der Waals surface area contributed by atoms with Gasteiger partial charge in [-0.25, -0.2) is 9.18 Å². The largest absolute Gasteiger partial charge is 0.452 e. The zero-order chi connectivity index (χ0) is 17.7. The molecule has 0 aromatic heterocycles. The van der Waals surface area contributed by atoms with Crippen LogP contribution in [0.2, 0.25) is 5.02 Å². The molecule has 0 saturated heterocycles. The Morgan fingerprint density at radius 2 is 1.92 bits per heavy atom. The van der Waals surface area contributed by atoms with Gasteiger partial charge in [0.2, 0.25) is 0 Å². The van der Waals surface area contributed by atoms with Crippen LogP contribution in [0.5, 0.6) is 0 Å². The lowest BCUT2D eigenvalue weighted by atomic mass is 10.2. The molecule has 0 atom stereocenters. The molecule has 2 rings (SSSR count). The molecule has 0 heterocycles. The first-order chi connectivity index (χ1) is 11.4. The molecule has 0 bridgehead atoms. The van der Waals surface area contributed by atoms with Crippen LogP contribution >= 0.6 is 34.2 Å². The summed E-state index contributed by atoms with van der Waals surface area (Å²) in [5.41, 5.74) is 0.615. The summed E-state index contributed by atoms with van der Waals surface area (Å²) in [7, 11) is 1.49. The van der Waals surface area contributed by atoms with Gasteiger partial charge in [0.25, 0.3) is 5.91 Å². The van der Waals surface area contributed by atoms with E-state index in [1.54, 1.807) is 30.3 Å². The van der Waals surface area contributed by atoms with E-state index in [1.807, 2.05) is 22.6 Å². The number of carbonyl (C=O) groups is 2. The van der Waals surface area contributed by atoms with Crippen LogP contribution in [0, 0.1) is 9.39 Å². The Balaban J connectivity index is 1.95. The van der Waals surface area contributed by atoms with Crippen molar-refractivity contribution < 1.29 is 18.7 Å². The normalized spacial score (nSPS) is 10.3. The Morgan fingerprint density at radius 1 is 1.21 bits per heavy atom. The molecule has 2 aromatic carbocycles. The van der Waals surface area contributed by atoms with Gasteiger partial charge in [0, 0.05) is 27.7 Å². The highest BCUT2D eigenvalue weighted by molar-refractivity contribution is 14.1. The number of hydrogen-bond donors (Lipinski definition) is 0. The van der Waals surface area contributed by atoms with Crippen LogP contribution in [0.25, 0.3) is 0 Å². The summed E-state index contributed by atoms with van der Waals surface area (Å²) in [6.07, 6.45) is 0. The van der Waals surface area contributed by atoms with Crippen LogP contribution in [0.3, 0.4) is 0 Å². The molecule has 7 heteroatoms. The fourth-order valence-electron chi connectivity index (χ4n) is 1.95. The minimum absolute atomic E-state index is 0.00916. The number of esters is 1. The quantitative estimate of drug-likeness (QED) is 0.501. The minimum atomic E-state index is -0.578. The Hall–Kier alpha value is -1.67. The standard InChI is InChI=1S/C17H14ClFINO3/c1-21(9-12-13(18)6-4-7-14(12)19)16(22)10-24-17(23)11-5-2-3-8-15(11)20/h2-8H,9-10H2,1H3. The summed E-state index contributed by atoms with van der Waals surface area (Å²) in [4.78, 5) is 25.3. The van der Waals surface area contributed by atoms with Crippen LogP contribution in [0.1, 0.15) is 15.9 Å². The average molecular weight is 462 g/mol. The van der Waals surface area contributed by atoms with Gasteiger partial charge in [-0.1, -0.05) is 29.8 Å². The summed E-state index contributed by atoms with van der Waals surface area (Å²) in [6.45, 7) is -0.433. The van der Waals surface area contributed by atoms with Gasteiger partial charge in [-0.15, -0.1) is 0 Å². The van der Waals surface area contributed by atoms with E-state index in [1.165, 1.54) is 24.1 Å². The molecule has 0 spiro atoms. The molecule has 4 nitrogen and oxygen atoms in total. The maximum Gasteiger partial charge on any atom is 0.339 e. The van der Waals surface area contributed by atoms with Gasteiger partial charge >= 0.3 is 5.97 Å². The molecular weight excluding hydrogens is 448 g/mol. The molecule has 2 aromatic rings. The second-order valence-electron chi connectivity index (χ2n) is 5.01. The van der Waals surface area contributed by atoms with E-state index in [9.17, 15) is 14.0 Å². The molecule has 0 radical (unpaired) electrons. The first-order valence-electron chi connectivity index (χ1n) is 6.98. The molecular formula is C17H14ClFINO3. The summed E-state index contributed by atoms with van der Waals surface area (Å²) in [5, 5.41) is 0.241. The predicted molar refractivity (Wildman–Crippen MR) is 97.3 cm³/mol. The van der Waals surface area contributed by atoms with Crippen LogP contribution in [-0.2, 0) is 16.1 Å². The zero-order valence-electron chi connectivity index (χ0n) is 12.8. The van der Waals surface area contributed by atoms with Crippen molar-refractivity contribution in [2.45, 2.75) is 6.54 Å². The van der Waals surface area contributed by atoms with Crippen LogP contribution in [0.4, 0.5) is 4.39 Å². The number of benzene rings is 2. The van der Waals surface area contributed by atoms with E-state index in [0.29, 0.717) is 5.56 Å². The van der Waals surface area contributed by atoms with E-state index in [2.05, 4.69) is 0 Å². The predicted octanol–water partition coefficient (Wildman–Crippen LogP) is 3.90. The fourth-order valence-corrected chi connectivity index (χ4v) is 2.78. The molecule has 126 valence electrons. The maximum absolute atomic E-state index is 13.7. The number of hydrogen-bond acceptors (Lipinski definition) is 3. The number of likely N-dealkylation sites (N-methyl/N-ethyl adjacent to an activating group) is 1. The third kappa shape index (κ3) is 4.67. The van der Waals surface area contributed by atoms with Crippen LogP contribution in [0.15, 0.2) is 42.5 Å². The van der Waals surface area contributed by atoms with Crippen molar-refractivity contribution in [2.24, 2.45) is 0 Å². The van der Waals surface area contributed by atoms with Gasteiger partial charge in [-0.3, -0.25) is 4.79 Å². The molecule has 0 unspecified atom stereocenters. The lowest BCUT2D eigenvalue weighted by Crippen LogP contribution is -2.31. The molecule has 24 heavy (non-hydrogen) atoms. The van der Waals surface area contributed by atoms with E-state index >= 15 is 0 Å². The Labute approximate surface area is 157 Å². The van der Waals surface area contributed by atoms with Crippen LogP contribution < -0.4 is 0 Å². The monoisotopic (exact) mass is 461 g/mol. The van der Waals surface area contributed by atoms with E-state index in [4.69, 9.17) is 16.3 Å². The molecule has 0 aliphatic carbocycles. The molecule has 1 amide bonds.